The molecule has 1 aromatic heterocycles. The first-order valence-electron chi connectivity index (χ1n) is 11.8. The molecule has 188 valence electrons. The molecule has 2 aromatic rings. The summed E-state index contributed by atoms with van der Waals surface area (Å²) < 4.78 is 23.0. The molecule has 35 heavy (non-hydrogen) atoms. The van der Waals surface area contributed by atoms with Crippen molar-refractivity contribution in [1.82, 2.24) is 10.3 Å². The van der Waals surface area contributed by atoms with Crippen LogP contribution >= 0.6 is 0 Å². The van der Waals surface area contributed by atoms with Crippen molar-refractivity contribution in [2.45, 2.75) is 66.3 Å². The number of carbonyl (C=O) groups is 2. The fourth-order valence-electron chi connectivity index (χ4n) is 3.72. The number of aromatic amines is 1. The van der Waals surface area contributed by atoms with Gasteiger partial charge in [0.05, 0.1) is 17.8 Å². The molecule has 1 fully saturated rings. The Labute approximate surface area is 207 Å². The van der Waals surface area contributed by atoms with Gasteiger partial charge in [-0.05, 0) is 70.6 Å². The van der Waals surface area contributed by atoms with E-state index in [-0.39, 0.29) is 19.8 Å². The molecule has 8 nitrogen and oxygen atoms in total. The molecule has 0 aliphatic carbocycles. The molecule has 0 saturated carbocycles. The van der Waals surface area contributed by atoms with E-state index in [9.17, 15) is 9.59 Å². The third-order valence-corrected chi connectivity index (χ3v) is 6.51. The lowest BCUT2D eigenvalue weighted by Crippen LogP contribution is -2.41. The summed E-state index contributed by atoms with van der Waals surface area (Å²) in [5.74, 6) is -0.410. The van der Waals surface area contributed by atoms with E-state index in [4.69, 9.17) is 18.8 Å². The number of amides is 1. The molecular formula is C26H35BN2O6. The molecule has 3 rings (SSSR count). The SMILES string of the molecule is CCOC(=O)c1[nH]c(C)c(C=C(CNC(=O)OCc2ccccc2)B2OC(C)(C)C(C)(C)O2)c1C. The Kier molecular flexibility index (Phi) is 8.13. The van der Waals surface area contributed by atoms with E-state index in [2.05, 4.69) is 10.3 Å². The maximum atomic E-state index is 12.4. The monoisotopic (exact) mass is 482 g/mol. The first-order chi connectivity index (χ1) is 16.4. The van der Waals surface area contributed by atoms with Gasteiger partial charge in [-0.2, -0.15) is 0 Å². The van der Waals surface area contributed by atoms with Crippen LogP contribution in [0.3, 0.4) is 0 Å². The van der Waals surface area contributed by atoms with E-state index >= 15 is 0 Å². The second-order valence-corrected chi connectivity index (χ2v) is 9.61. The largest absolute Gasteiger partial charge is 0.492 e. The third-order valence-electron chi connectivity index (χ3n) is 6.51. The molecule has 0 spiro atoms. The van der Waals surface area contributed by atoms with Crippen LogP contribution in [0.4, 0.5) is 4.79 Å². The molecule has 0 radical (unpaired) electrons. The van der Waals surface area contributed by atoms with Gasteiger partial charge in [0.25, 0.3) is 0 Å². The Morgan fingerprint density at radius 3 is 2.29 bits per heavy atom. The quantitative estimate of drug-likeness (QED) is 0.416. The molecule has 1 aliphatic rings. The molecule has 0 unspecified atom stereocenters. The van der Waals surface area contributed by atoms with Gasteiger partial charge >= 0.3 is 19.2 Å². The fraction of sp³-hybridized carbons (Fsp3) is 0.462. The lowest BCUT2D eigenvalue weighted by atomic mass is 9.76. The van der Waals surface area contributed by atoms with Crippen molar-refractivity contribution in [3.8, 4) is 0 Å². The summed E-state index contributed by atoms with van der Waals surface area (Å²) in [5, 5.41) is 2.80. The van der Waals surface area contributed by atoms with Crippen molar-refractivity contribution in [3.63, 3.8) is 0 Å². The van der Waals surface area contributed by atoms with E-state index in [1.165, 1.54) is 0 Å². The Hall–Kier alpha value is -3.04. The van der Waals surface area contributed by atoms with Gasteiger partial charge in [0.15, 0.2) is 0 Å². The second kappa shape index (κ2) is 10.7. The predicted molar refractivity (Wildman–Crippen MR) is 135 cm³/mol. The number of aryl methyl sites for hydroxylation is 1. The first-order valence-corrected chi connectivity index (χ1v) is 11.8. The number of alkyl carbamates (subject to hydrolysis) is 1. The highest BCUT2D eigenvalue weighted by molar-refractivity contribution is 6.56. The van der Waals surface area contributed by atoms with Gasteiger partial charge in [-0.15, -0.1) is 0 Å². The number of hydrogen-bond acceptors (Lipinski definition) is 6. The standard InChI is InChI=1S/C26H35BN2O6/c1-8-32-23(30)22-17(2)21(18(3)29-22)14-20(27-34-25(4,5)26(6,7)35-27)15-28-24(31)33-16-19-12-10-9-11-13-19/h9-14,29H,8,15-16H2,1-7H3,(H,28,31). The zero-order chi connectivity index (χ0) is 25.8. The van der Waals surface area contributed by atoms with Crippen molar-refractivity contribution in [2.75, 3.05) is 13.2 Å². The van der Waals surface area contributed by atoms with Crippen LogP contribution in [-0.2, 0) is 25.4 Å². The van der Waals surface area contributed by atoms with E-state index in [1.54, 1.807) is 6.92 Å². The van der Waals surface area contributed by atoms with E-state index in [1.807, 2.05) is 78.0 Å². The minimum atomic E-state index is -0.686. The van der Waals surface area contributed by atoms with E-state index in [0.717, 1.165) is 22.4 Å². The van der Waals surface area contributed by atoms with Crippen LogP contribution in [0.25, 0.3) is 6.08 Å². The van der Waals surface area contributed by atoms with Crippen LogP contribution in [0.5, 0.6) is 0 Å². The van der Waals surface area contributed by atoms with Crippen LogP contribution in [0.2, 0.25) is 0 Å². The predicted octanol–water partition coefficient (Wildman–Crippen LogP) is 4.75. The maximum absolute atomic E-state index is 12.4. The van der Waals surface area contributed by atoms with Gasteiger partial charge in [0.2, 0.25) is 0 Å². The molecular weight excluding hydrogens is 447 g/mol. The number of benzene rings is 1. The number of nitrogens with one attached hydrogen (secondary N) is 2. The zero-order valence-corrected chi connectivity index (χ0v) is 21.6. The summed E-state index contributed by atoms with van der Waals surface area (Å²) >= 11 is 0. The van der Waals surface area contributed by atoms with Gasteiger partial charge in [0.1, 0.15) is 12.3 Å². The molecule has 1 saturated heterocycles. The van der Waals surface area contributed by atoms with Crippen LogP contribution in [0.1, 0.15) is 67.5 Å². The van der Waals surface area contributed by atoms with Crippen molar-refractivity contribution >= 4 is 25.3 Å². The summed E-state index contributed by atoms with van der Waals surface area (Å²) in [6.45, 7) is 14.0. The molecule has 0 atom stereocenters. The highest BCUT2D eigenvalue weighted by Gasteiger charge is 2.52. The van der Waals surface area contributed by atoms with Crippen molar-refractivity contribution < 1.29 is 28.4 Å². The Balaban J connectivity index is 1.83. The van der Waals surface area contributed by atoms with Crippen molar-refractivity contribution in [1.29, 1.82) is 0 Å². The average Bonchev–Trinajstić information content (AvgIpc) is 3.20. The molecule has 0 bridgehead atoms. The van der Waals surface area contributed by atoms with E-state index < -0.39 is 30.4 Å². The van der Waals surface area contributed by atoms with Gasteiger partial charge in [-0.25, -0.2) is 9.59 Å². The van der Waals surface area contributed by atoms with Crippen LogP contribution < -0.4 is 5.32 Å². The fourth-order valence-corrected chi connectivity index (χ4v) is 3.72. The number of carbonyl (C=O) groups excluding carboxylic acids is 2. The Morgan fingerprint density at radius 1 is 1.06 bits per heavy atom. The van der Waals surface area contributed by atoms with Crippen LogP contribution in [-0.4, -0.2) is 48.5 Å². The second-order valence-electron chi connectivity index (χ2n) is 9.61. The van der Waals surface area contributed by atoms with Gasteiger partial charge in [-0.1, -0.05) is 36.4 Å². The first kappa shape index (κ1) is 26.6. The molecule has 9 heteroatoms. The van der Waals surface area contributed by atoms with E-state index in [0.29, 0.717) is 11.2 Å². The molecule has 1 aromatic carbocycles. The summed E-state index contributed by atoms with van der Waals surface area (Å²) in [6, 6.07) is 9.47. The van der Waals surface area contributed by atoms with Crippen LogP contribution in [0, 0.1) is 13.8 Å². The minimum Gasteiger partial charge on any atom is -0.461 e. The summed E-state index contributed by atoms with van der Waals surface area (Å²) in [5.41, 5.74) is 3.26. The highest BCUT2D eigenvalue weighted by Crippen LogP contribution is 2.39. The topological polar surface area (TPSA) is 98.9 Å². The highest BCUT2D eigenvalue weighted by atomic mass is 16.7. The zero-order valence-electron chi connectivity index (χ0n) is 21.6. The number of esters is 1. The van der Waals surface area contributed by atoms with Crippen LogP contribution in [0.15, 0.2) is 35.8 Å². The lowest BCUT2D eigenvalue weighted by molar-refractivity contribution is 0.00578. The lowest BCUT2D eigenvalue weighted by Gasteiger charge is -2.32. The van der Waals surface area contributed by atoms with Gasteiger partial charge in [0, 0.05) is 12.2 Å². The number of rotatable bonds is 8. The van der Waals surface area contributed by atoms with Gasteiger partial charge in [-0.3, -0.25) is 0 Å². The van der Waals surface area contributed by atoms with Crippen molar-refractivity contribution in [3.05, 3.63) is 63.9 Å². The number of aromatic nitrogens is 1. The maximum Gasteiger partial charge on any atom is 0.492 e. The summed E-state index contributed by atoms with van der Waals surface area (Å²) in [6.07, 6.45) is 1.34. The smallest absolute Gasteiger partial charge is 0.461 e. The number of ether oxygens (including phenoxy) is 2. The van der Waals surface area contributed by atoms with Gasteiger partial charge < -0.3 is 29.1 Å². The molecule has 2 heterocycles. The number of H-pyrrole nitrogens is 1. The molecule has 2 N–H and O–H groups in total. The summed E-state index contributed by atoms with van der Waals surface area (Å²) in [7, 11) is -0.686. The molecule has 1 amide bonds. The molecule has 1 aliphatic heterocycles. The average molecular weight is 482 g/mol. The minimum absolute atomic E-state index is 0.142. The summed E-state index contributed by atoms with van der Waals surface area (Å²) in [4.78, 5) is 27.9. The Morgan fingerprint density at radius 2 is 1.69 bits per heavy atom. The Bertz CT molecular complexity index is 1070. The van der Waals surface area contributed by atoms with Crippen molar-refractivity contribution in [2.24, 2.45) is 0 Å². The third kappa shape index (κ3) is 6.16. The number of hydrogen-bond donors (Lipinski definition) is 2. The normalized spacial score (nSPS) is 16.8.